The molecular weight excluding hydrogens is 457 g/mol. The second kappa shape index (κ2) is 7.90. The molecule has 1 aromatic heterocycles. The first kappa shape index (κ1) is 23.7. The molecule has 0 unspecified atom stereocenters. The molecule has 5 saturated carbocycles. The van der Waals surface area contributed by atoms with Crippen LogP contribution in [-0.2, 0) is 11.0 Å². The van der Waals surface area contributed by atoms with E-state index < -0.39 is 17.6 Å². The van der Waals surface area contributed by atoms with Crippen molar-refractivity contribution >= 4 is 5.78 Å². The quantitative estimate of drug-likeness (QED) is 0.616. The SMILES string of the molecule is C[C@@]1(O)CC[C@H]2[C@H](CC[C@@H]3[C@@H]2CC[C@@]2(C)[C@H]3[C@@H]3C[C@@H]3[C@@H]2C(=O)COc2cnc(C(F)(F)F)nc2)C1. The third kappa shape index (κ3) is 3.89. The first-order valence-electron chi connectivity index (χ1n) is 13.2. The fourth-order valence-electron chi connectivity index (χ4n) is 9.44. The van der Waals surface area contributed by atoms with Gasteiger partial charge in [0.15, 0.2) is 11.5 Å². The Balaban J connectivity index is 1.14. The minimum absolute atomic E-state index is 0.0150. The highest BCUT2D eigenvalue weighted by molar-refractivity contribution is 5.84. The molecule has 0 bridgehead atoms. The van der Waals surface area contributed by atoms with E-state index in [1.54, 1.807) is 0 Å². The van der Waals surface area contributed by atoms with E-state index in [2.05, 4.69) is 16.9 Å². The van der Waals surface area contributed by atoms with Crippen LogP contribution in [0.2, 0.25) is 0 Å². The zero-order valence-electron chi connectivity index (χ0n) is 20.4. The highest BCUT2D eigenvalue weighted by Crippen LogP contribution is 2.74. The predicted octanol–water partition coefficient (Wildman–Crippen LogP) is 5.32. The molecule has 0 aliphatic heterocycles. The number of ketones is 1. The maximum atomic E-state index is 13.4. The van der Waals surface area contributed by atoms with Crippen molar-refractivity contribution in [3.8, 4) is 5.75 Å². The van der Waals surface area contributed by atoms with Gasteiger partial charge in [0.05, 0.1) is 18.0 Å². The van der Waals surface area contributed by atoms with Crippen molar-refractivity contribution in [3.05, 3.63) is 18.2 Å². The highest BCUT2D eigenvalue weighted by atomic mass is 19.4. The van der Waals surface area contributed by atoms with Crippen LogP contribution < -0.4 is 4.74 Å². The number of hydrogen-bond acceptors (Lipinski definition) is 5. The summed E-state index contributed by atoms with van der Waals surface area (Å²) in [7, 11) is 0. The number of alkyl halides is 3. The van der Waals surface area contributed by atoms with Crippen LogP contribution in [-0.4, -0.2) is 33.1 Å². The van der Waals surface area contributed by atoms with E-state index in [1.807, 2.05) is 6.92 Å². The van der Waals surface area contributed by atoms with Gasteiger partial charge in [-0.2, -0.15) is 13.2 Å². The van der Waals surface area contributed by atoms with Crippen LogP contribution in [0.15, 0.2) is 12.4 Å². The number of carbonyl (C=O) groups excluding carboxylic acids is 1. The lowest BCUT2D eigenvalue weighted by Crippen LogP contribution is -2.52. The van der Waals surface area contributed by atoms with Crippen molar-refractivity contribution in [2.45, 2.75) is 77.0 Å². The lowest BCUT2D eigenvalue weighted by Gasteiger charge is -2.57. The fraction of sp³-hybridized carbons (Fsp3) is 0.815. The van der Waals surface area contributed by atoms with Crippen LogP contribution in [0.3, 0.4) is 0 Å². The Morgan fingerprint density at radius 2 is 1.74 bits per heavy atom. The summed E-state index contributed by atoms with van der Waals surface area (Å²) in [5, 5.41) is 10.6. The zero-order chi connectivity index (χ0) is 24.8. The molecule has 0 radical (unpaired) electrons. The van der Waals surface area contributed by atoms with Crippen LogP contribution >= 0.6 is 0 Å². The van der Waals surface area contributed by atoms with Crippen LogP contribution in [0, 0.1) is 52.8 Å². The molecule has 0 aromatic carbocycles. The number of Topliss-reactive ketones (excluding diaryl/α,β-unsaturated/α-hetero) is 1. The molecule has 8 heteroatoms. The molecule has 5 aliphatic rings. The molecule has 0 spiro atoms. The number of fused-ring (bicyclic) bond motifs is 7. The van der Waals surface area contributed by atoms with Crippen LogP contribution in [0.4, 0.5) is 13.2 Å². The average molecular weight is 493 g/mol. The summed E-state index contributed by atoms with van der Waals surface area (Å²) < 4.78 is 43.7. The first-order valence-corrected chi connectivity index (χ1v) is 13.2. The van der Waals surface area contributed by atoms with Crippen LogP contribution in [0.1, 0.15) is 71.0 Å². The Hall–Kier alpha value is -1.70. The predicted molar refractivity (Wildman–Crippen MR) is 121 cm³/mol. The van der Waals surface area contributed by atoms with Gasteiger partial charge in [0, 0.05) is 5.92 Å². The van der Waals surface area contributed by atoms with Gasteiger partial charge in [-0.1, -0.05) is 6.92 Å². The molecule has 6 rings (SSSR count). The zero-order valence-corrected chi connectivity index (χ0v) is 20.4. The summed E-state index contributed by atoms with van der Waals surface area (Å²) in [4.78, 5) is 20.1. The number of hydrogen-bond donors (Lipinski definition) is 1. The topological polar surface area (TPSA) is 72.3 Å². The third-order valence-electron chi connectivity index (χ3n) is 10.6. The molecule has 5 nitrogen and oxygen atoms in total. The molecule has 5 fully saturated rings. The summed E-state index contributed by atoms with van der Waals surface area (Å²) in [6, 6.07) is 0. The number of aromatic nitrogens is 2. The van der Waals surface area contributed by atoms with E-state index in [9.17, 15) is 23.1 Å². The van der Waals surface area contributed by atoms with Crippen LogP contribution in [0.5, 0.6) is 5.75 Å². The summed E-state index contributed by atoms with van der Waals surface area (Å²) in [6.45, 7) is 4.18. The number of ether oxygens (including phenoxy) is 1. The molecule has 35 heavy (non-hydrogen) atoms. The molecule has 192 valence electrons. The minimum Gasteiger partial charge on any atom is -0.483 e. The molecule has 0 saturated heterocycles. The first-order chi connectivity index (χ1) is 16.5. The van der Waals surface area contributed by atoms with Gasteiger partial charge in [-0.3, -0.25) is 4.79 Å². The van der Waals surface area contributed by atoms with E-state index in [1.165, 1.54) is 12.8 Å². The van der Waals surface area contributed by atoms with E-state index in [-0.39, 0.29) is 29.5 Å². The number of nitrogens with zero attached hydrogens (tertiary/aromatic N) is 2. The van der Waals surface area contributed by atoms with Crippen molar-refractivity contribution in [3.63, 3.8) is 0 Å². The lowest BCUT2D eigenvalue weighted by atomic mass is 9.48. The van der Waals surface area contributed by atoms with Crippen molar-refractivity contribution in [2.75, 3.05) is 6.61 Å². The summed E-state index contributed by atoms with van der Waals surface area (Å²) in [5.41, 5.74) is -0.527. The number of carbonyl (C=O) groups is 1. The van der Waals surface area contributed by atoms with Crippen molar-refractivity contribution < 1.29 is 27.8 Å². The van der Waals surface area contributed by atoms with Crippen molar-refractivity contribution in [2.24, 2.45) is 52.8 Å². The molecular formula is C27H35F3N2O3. The van der Waals surface area contributed by atoms with E-state index in [4.69, 9.17) is 4.74 Å². The van der Waals surface area contributed by atoms with E-state index >= 15 is 0 Å². The Morgan fingerprint density at radius 1 is 1.03 bits per heavy atom. The van der Waals surface area contributed by atoms with Gasteiger partial charge in [0.2, 0.25) is 5.82 Å². The maximum Gasteiger partial charge on any atom is 0.451 e. The fourth-order valence-corrected chi connectivity index (χ4v) is 9.44. The van der Waals surface area contributed by atoms with Gasteiger partial charge in [0.1, 0.15) is 6.61 Å². The second-order valence-electron chi connectivity index (χ2n) is 12.7. The van der Waals surface area contributed by atoms with Gasteiger partial charge in [-0.05, 0) is 105 Å². The van der Waals surface area contributed by atoms with Gasteiger partial charge in [0.25, 0.3) is 0 Å². The smallest absolute Gasteiger partial charge is 0.451 e. The van der Waals surface area contributed by atoms with E-state index in [0.717, 1.165) is 56.8 Å². The molecule has 1 N–H and O–H groups in total. The van der Waals surface area contributed by atoms with Crippen LogP contribution in [0.25, 0.3) is 0 Å². The Morgan fingerprint density at radius 3 is 2.46 bits per heavy atom. The summed E-state index contributed by atoms with van der Waals surface area (Å²) in [5.74, 6) is 3.30. The highest BCUT2D eigenvalue weighted by Gasteiger charge is 2.70. The van der Waals surface area contributed by atoms with Crippen molar-refractivity contribution in [1.82, 2.24) is 9.97 Å². The molecule has 10 atom stereocenters. The Labute approximate surface area is 204 Å². The Bertz CT molecular complexity index is 996. The molecule has 5 aliphatic carbocycles. The maximum absolute atomic E-state index is 13.4. The summed E-state index contributed by atoms with van der Waals surface area (Å²) >= 11 is 0. The van der Waals surface area contributed by atoms with Gasteiger partial charge in [-0.15, -0.1) is 0 Å². The number of halogens is 3. The monoisotopic (exact) mass is 492 g/mol. The summed E-state index contributed by atoms with van der Waals surface area (Å²) in [6.07, 6.45) is 6.10. The van der Waals surface area contributed by atoms with Gasteiger partial charge < -0.3 is 9.84 Å². The largest absolute Gasteiger partial charge is 0.483 e. The average Bonchev–Trinajstić information content (AvgIpc) is 3.50. The lowest BCUT2D eigenvalue weighted by molar-refractivity contribution is -0.145. The van der Waals surface area contributed by atoms with Gasteiger partial charge in [-0.25, -0.2) is 9.97 Å². The molecule has 1 aromatic rings. The molecule has 1 heterocycles. The minimum atomic E-state index is -4.60. The second-order valence-corrected chi connectivity index (χ2v) is 12.7. The van der Waals surface area contributed by atoms with Gasteiger partial charge >= 0.3 is 6.18 Å². The standard InChI is InChI=1S/C27H35F3N2O3/c1-25(34)7-5-16-14(10-25)3-4-18-17(16)6-8-26(2)22(18)19-9-20(19)23(26)21(33)13-35-15-11-31-24(32-12-15)27(28,29)30/h11-12,14,16-20,22-23,34H,3-10,13H2,1-2H3/t14-,16+,17-,18-,19-,20+,22-,23-,25-,26+/m1/s1. The number of aliphatic hydroxyl groups is 1. The van der Waals surface area contributed by atoms with Crippen molar-refractivity contribution in [1.29, 1.82) is 0 Å². The Kier molecular flexibility index (Phi) is 5.34. The number of rotatable bonds is 4. The third-order valence-corrected chi connectivity index (χ3v) is 10.6. The normalized spacial score (nSPS) is 46.1. The molecule has 0 amide bonds. The van der Waals surface area contributed by atoms with E-state index in [0.29, 0.717) is 35.5 Å².